The second kappa shape index (κ2) is 8.82. The molecule has 0 spiro atoms. The van der Waals surface area contributed by atoms with Crippen molar-refractivity contribution in [2.24, 2.45) is 0 Å². The predicted octanol–water partition coefficient (Wildman–Crippen LogP) is 3.00. The molecular weight excluding hydrogens is 374 g/mol. The highest BCUT2D eigenvalue weighted by molar-refractivity contribution is 5.95. The second-order valence-electron chi connectivity index (χ2n) is 7.51. The first-order chi connectivity index (χ1) is 14.2. The maximum absolute atomic E-state index is 12.9. The van der Waals surface area contributed by atoms with Crippen LogP contribution in [-0.2, 0) is 4.74 Å². The van der Waals surface area contributed by atoms with E-state index < -0.39 is 0 Å². The summed E-state index contributed by atoms with van der Waals surface area (Å²) >= 11 is 0. The lowest BCUT2D eigenvalue weighted by molar-refractivity contribution is 0.0704. The molecule has 1 aromatic heterocycles. The van der Waals surface area contributed by atoms with Crippen LogP contribution >= 0.6 is 0 Å². The van der Waals surface area contributed by atoms with Crippen LogP contribution in [0.1, 0.15) is 59.6 Å². The molecule has 1 aromatic carbocycles. The van der Waals surface area contributed by atoms with Crippen molar-refractivity contribution >= 4 is 5.91 Å². The highest BCUT2D eigenvalue weighted by Crippen LogP contribution is 2.32. The van der Waals surface area contributed by atoms with Crippen LogP contribution in [0.25, 0.3) is 0 Å². The van der Waals surface area contributed by atoms with Crippen LogP contribution in [0.5, 0.6) is 11.5 Å². The molecule has 4 rings (SSSR count). The largest absolute Gasteiger partial charge is 0.493 e. The number of rotatable bonds is 5. The smallest absolute Gasteiger partial charge is 0.253 e. The molecule has 8 heteroatoms. The van der Waals surface area contributed by atoms with Gasteiger partial charge < -0.3 is 23.6 Å². The molecule has 2 fully saturated rings. The lowest BCUT2D eigenvalue weighted by Gasteiger charge is -2.30. The van der Waals surface area contributed by atoms with Gasteiger partial charge in [-0.15, -0.1) is 0 Å². The number of piperidine rings is 1. The van der Waals surface area contributed by atoms with E-state index in [0.717, 1.165) is 44.7 Å². The minimum absolute atomic E-state index is 0.00201. The van der Waals surface area contributed by atoms with Crippen molar-refractivity contribution in [3.05, 3.63) is 35.5 Å². The standard InChI is InChI=1S/C21H27N3O5/c1-26-17-4-3-16(13-18(17)27-2)21(25)24-9-5-15(6-10-24)20-22-19(23-29-20)14-7-11-28-12-8-14/h3-4,13-15H,5-12H2,1-2H3. The number of benzene rings is 1. The van der Waals surface area contributed by atoms with Crippen LogP contribution in [0.2, 0.25) is 0 Å². The molecule has 2 aliphatic heterocycles. The van der Waals surface area contributed by atoms with Gasteiger partial charge in [0.05, 0.1) is 14.2 Å². The Balaban J connectivity index is 1.37. The van der Waals surface area contributed by atoms with Gasteiger partial charge >= 0.3 is 0 Å². The topological polar surface area (TPSA) is 86.9 Å². The summed E-state index contributed by atoms with van der Waals surface area (Å²) < 4.78 is 21.5. The van der Waals surface area contributed by atoms with Crippen molar-refractivity contribution < 1.29 is 23.5 Å². The van der Waals surface area contributed by atoms with Crippen LogP contribution in [-0.4, -0.2) is 61.5 Å². The first-order valence-electron chi connectivity index (χ1n) is 10.1. The summed E-state index contributed by atoms with van der Waals surface area (Å²) in [4.78, 5) is 19.4. The molecule has 156 valence electrons. The molecule has 2 aromatic rings. The molecule has 0 radical (unpaired) electrons. The Labute approximate surface area is 170 Å². The van der Waals surface area contributed by atoms with Crippen molar-refractivity contribution in [3.8, 4) is 11.5 Å². The van der Waals surface area contributed by atoms with Gasteiger partial charge in [-0.1, -0.05) is 5.16 Å². The van der Waals surface area contributed by atoms with E-state index in [-0.39, 0.29) is 11.8 Å². The van der Waals surface area contributed by atoms with E-state index in [4.69, 9.17) is 18.7 Å². The molecule has 0 atom stereocenters. The fourth-order valence-corrected chi connectivity index (χ4v) is 4.02. The summed E-state index contributed by atoms with van der Waals surface area (Å²) in [7, 11) is 3.14. The molecule has 8 nitrogen and oxygen atoms in total. The molecule has 0 saturated carbocycles. The van der Waals surface area contributed by atoms with Gasteiger partial charge in [-0.2, -0.15) is 4.98 Å². The van der Waals surface area contributed by atoms with Crippen LogP contribution < -0.4 is 9.47 Å². The summed E-state index contributed by atoms with van der Waals surface area (Å²) in [6, 6.07) is 5.26. The number of hydrogen-bond acceptors (Lipinski definition) is 7. The van der Waals surface area contributed by atoms with E-state index in [1.807, 2.05) is 4.90 Å². The Hall–Kier alpha value is -2.61. The Morgan fingerprint density at radius 2 is 1.76 bits per heavy atom. The lowest BCUT2D eigenvalue weighted by Crippen LogP contribution is -2.38. The molecular formula is C21H27N3O5. The number of carbonyl (C=O) groups excluding carboxylic acids is 1. The Morgan fingerprint density at radius 1 is 1.03 bits per heavy atom. The molecule has 3 heterocycles. The average Bonchev–Trinajstić information content (AvgIpc) is 3.29. The van der Waals surface area contributed by atoms with Crippen LogP contribution in [0, 0.1) is 0 Å². The third kappa shape index (κ3) is 4.22. The predicted molar refractivity (Wildman–Crippen MR) is 105 cm³/mol. The average molecular weight is 401 g/mol. The summed E-state index contributed by atoms with van der Waals surface area (Å²) in [5, 5.41) is 4.20. The number of methoxy groups -OCH3 is 2. The Morgan fingerprint density at radius 3 is 2.45 bits per heavy atom. The zero-order chi connectivity index (χ0) is 20.2. The summed E-state index contributed by atoms with van der Waals surface area (Å²) in [5.41, 5.74) is 0.598. The molecule has 29 heavy (non-hydrogen) atoms. The van der Waals surface area contributed by atoms with Crippen molar-refractivity contribution in [1.29, 1.82) is 0 Å². The fraction of sp³-hybridized carbons (Fsp3) is 0.571. The van der Waals surface area contributed by atoms with E-state index in [2.05, 4.69) is 10.1 Å². The summed E-state index contributed by atoms with van der Waals surface area (Å²) in [6.07, 6.45) is 3.51. The van der Waals surface area contributed by atoms with Crippen LogP contribution in [0.15, 0.2) is 22.7 Å². The zero-order valence-electron chi connectivity index (χ0n) is 16.9. The molecule has 0 N–H and O–H groups in total. The third-order valence-corrected chi connectivity index (χ3v) is 5.81. The molecule has 2 saturated heterocycles. The second-order valence-corrected chi connectivity index (χ2v) is 7.51. The number of nitrogens with zero attached hydrogens (tertiary/aromatic N) is 3. The summed E-state index contributed by atoms with van der Waals surface area (Å²) in [5.74, 6) is 3.19. The van der Waals surface area contributed by atoms with Gasteiger partial charge in [0.15, 0.2) is 17.3 Å². The minimum Gasteiger partial charge on any atom is -0.493 e. The first-order valence-corrected chi connectivity index (χ1v) is 10.1. The highest BCUT2D eigenvalue weighted by atomic mass is 16.5. The van der Waals surface area contributed by atoms with E-state index >= 15 is 0 Å². The summed E-state index contributed by atoms with van der Waals surface area (Å²) in [6.45, 7) is 2.83. The molecule has 0 unspecified atom stereocenters. The fourth-order valence-electron chi connectivity index (χ4n) is 4.02. The number of aromatic nitrogens is 2. The van der Waals surface area contributed by atoms with E-state index in [0.29, 0.717) is 42.0 Å². The lowest BCUT2D eigenvalue weighted by atomic mass is 9.95. The van der Waals surface area contributed by atoms with Gasteiger partial charge in [-0.25, -0.2) is 0 Å². The normalized spacial score (nSPS) is 18.6. The van der Waals surface area contributed by atoms with Gasteiger partial charge in [0.25, 0.3) is 5.91 Å². The van der Waals surface area contributed by atoms with E-state index in [9.17, 15) is 4.79 Å². The SMILES string of the molecule is COc1ccc(C(=O)N2CCC(c3nc(C4CCOCC4)no3)CC2)cc1OC. The Bertz CT molecular complexity index is 839. The van der Waals surface area contributed by atoms with Crippen LogP contribution in [0.3, 0.4) is 0 Å². The van der Waals surface area contributed by atoms with E-state index in [1.54, 1.807) is 32.4 Å². The van der Waals surface area contributed by atoms with Gasteiger partial charge in [-0.3, -0.25) is 4.79 Å². The van der Waals surface area contributed by atoms with Crippen molar-refractivity contribution in [2.75, 3.05) is 40.5 Å². The number of ether oxygens (including phenoxy) is 3. The maximum atomic E-state index is 12.9. The van der Waals surface area contributed by atoms with Crippen molar-refractivity contribution in [1.82, 2.24) is 15.0 Å². The van der Waals surface area contributed by atoms with Crippen LogP contribution in [0.4, 0.5) is 0 Å². The Kier molecular flexibility index (Phi) is 5.99. The highest BCUT2D eigenvalue weighted by Gasteiger charge is 2.30. The molecule has 1 amide bonds. The quantitative estimate of drug-likeness (QED) is 0.761. The monoisotopic (exact) mass is 401 g/mol. The number of likely N-dealkylation sites (tertiary alicyclic amines) is 1. The molecule has 0 bridgehead atoms. The van der Waals surface area contributed by atoms with Gasteiger partial charge in [0, 0.05) is 43.7 Å². The first kappa shape index (κ1) is 19.7. The van der Waals surface area contributed by atoms with Gasteiger partial charge in [0.2, 0.25) is 5.89 Å². The number of hydrogen-bond donors (Lipinski definition) is 0. The molecule has 2 aliphatic rings. The van der Waals surface area contributed by atoms with E-state index in [1.165, 1.54) is 0 Å². The van der Waals surface area contributed by atoms with Gasteiger partial charge in [-0.05, 0) is 43.9 Å². The van der Waals surface area contributed by atoms with Gasteiger partial charge in [0.1, 0.15) is 0 Å². The van der Waals surface area contributed by atoms with Crippen molar-refractivity contribution in [3.63, 3.8) is 0 Å². The third-order valence-electron chi connectivity index (χ3n) is 5.81. The number of amides is 1. The van der Waals surface area contributed by atoms with Crippen molar-refractivity contribution in [2.45, 2.75) is 37.5 Å². The number of carbonyl (C=O) groups is 1. The molecule has 0 aliphatic carbocycles. The maximum Gasteiger partial charge on any atom is 0.253 e. The minimum atomic E-state index is -0.00201. The zero-order valence-corrected chi connectivity index (χ0v) is 16.9.